The summed E-state index contributed by atoms with van der Waals surface area (Å²) < 4.78 is 13.1. The summed E-state index contributed by atoms with van der Waals surface area (Å²) in [6.45, 7) is 2.88. The number of imidazole rings is 1. The second-order valence-corrected chi connectivity index (χ2v) is 7.30. The number of aryl methyl sites for hydroxylation is 1. The van der Waals surface area contributed by atoms with Gasteiger partial charge in [-0.25, -0.2) is 4.98 Å². The molecule has 7 heteroatoms. The van der Waals surface area contributed by atoms with E-state index in [0.29, 0.717) is 13.2 Å². The lowest BCUT2D eigenvalue weighted by Gasteiger charge is -2.38. The molecule has 1 aliphatic rings. The van der Waals surface area contributed by atoms with Crippen molar-refractivity contribution in [2.24, 2.45) is 0 Å². The van der Waals surface area contributed by atoms with Crippen molar-refractivity contribution >= 4 is 11.3 Å². The van der Waals surface area contributed by atoms with E-state index in [1.165, 1.54) is 0 Å². The Bertz CT molecular complexity index is 973. The summed E-state index contributed by atoms with van der Waals surface area (Å²) >= 11 is 0. The number of methoxy groups -OCH3 is 1. The van der Waals surface area contributed by atoms with Crippen LogP contribution in [-0.2, 0) is 16.1 Å². The Kier molecular flexibility index (Phi) is 5.82. The van der Waals surface area contributed by atoms with Crippen molar-refractivity contribution in [3.63, 3.8) is 0 Å². The number of aliphatic hydroxyl groups is 2. The number of aliphatic hydroxyl groups excluding tert-OH is 2. The predicted molar refractivity (Wildman–Crippen MR) is 110 cm³/mol. The molecule has 0 saturated heterocycles. The topological polar surface area (TPSA) is 88.2 Å². The van der Waals surface area contributed by atoms with Crippen LogP contribution in [-0.4, -0.2) is 46.0 Å². The molecule has 0 aliphatic carbocycles. The zero-order valence-electron chi connectivity index (χ0n) is 16.7. The summed E-state index contributed by atoms with van der Waals surface area (Å²) in [7, 11) is 1.66. The van der Waals surface area contributed by atoms with Gasteiger partial charge in [0.25, 0.3) is 0 Å². The maximum Gasteiger partial charge on any atom is 0.161 e. The highest BCUT2D eigenvalue weighted by molar-refractivity contribution is 5.75. The second kappa shape index (κ2) is 8.51. The lowest BCUT2D eigenvalue weighted by atomic mass is 9.89. The van der Waals surface area contributed by atoms with E-state index < -0.39 is 12.2 Å². The van der Waals surface area contributed by atoms with E-state index >= 15 is 0 Å². The molecule has 4 rings (SSSR count). The van der Waals surface area contributed by atoms with Gasteiger partial charge in [-0.2, -0.15) is 0 Å². The fourth-order valence-electron chi connectivity index (χ4n) is 4.00. The Morgan fingerprint density at radius 1 is 1.17 bits per heavy atom. The van der Waals surface area contributed by atoms with Gasteiger partial charge in [0, 0.05) is 32.1 Å². The molecule has 1 aliphatic heterocycles. The number of nitrogens with one attached hydrogen (secondary N) is 1. The second-order valence-electron chi connectivity index (χ2n) is 7.30. The molecule has 154 valence electrons. The number of rotatable bonds is 7. The highest BCUT2D eigenvalue weighted by Gasteiger charge is 2.38. The molecule has 29 heavy (non-hydrogen) atoms. The third kappa shape index (κ3) is 3.62. The number of nitrogens with zero attached hydrogens (tertiary/aromatic N) is 2. The molecule has 0 saturated carbocycles. The Morgan fingerprint density at radius 3 is 2.69 bits per heavy atom. The van der Waals surface area contributed by atoms with Gasteiger partial charge in [0.2, 0.25) is 0 Å². The molecule has 0 bridgehead atoms. The Morgan fingerprint density at radius 2 is 1.97 bits per heavy atom. The highest BCUT2D eigenvalue weighted by atomic mass is 16.5. The van der Waals surface area contributed by atoms with Crippen LogP contribution < -0.4 is 5.32 Å². The molecule has 0 amide bonds. The SMILES string of the molecule is COCCCO[C@@H]1c2ccn3c(CO)c(C)nc3c2N[C@H](c2ccccc2)[C@H]1O. The molecule has 7 nitrogen and oxygen atoms in total. The smallest absolute Gasteiger partial charge is 0.161 e. The van der Waals surface area contributed by atoms with Gasteiger partial charge in [-0.15, -0.1) is 0 Å². The van der Waals surface area contributed by atoms with Gasteiger partial charge in [-0.05, 0) is 25.0 Å². The molecular formula is C22H27N3O4. The molecule has 3 aromatic rings. The standard InChI is InChI=1S/C22H27N3O4/c1-14-17(13-26)25-10-9-16-19(22(25)23-14)24-18(15-7-4-3-5-8-15)20(27)21(16)29-12-6-11-28-2/h3-5,7-10,18,20-21,24,26-27H,6,11-13H2,1-2H3/t18-,20-,21-/m1/s1. The summed E-state index contributed by atoms with van der Waals surface area (Å²) in [5, 5.41) is 24.4. The van der Waals surface area contributed by atoms with Gasteiger partial charge in [-0.1, -0.05) is 30.3 Å². The first kappa shape index (κ1) is 19.8. The summed E-state index contributed by atoms with van der Waals surface area (Å²) in [6, 6.07) is 11.4. The minimum absolute atomic E-state index is 0.0898. The van der Waals surface area contributed by atoms with Gasteiger partial charge in [0.1, 0.15) is 12.2 Å². The van der Waals surface area contributed by atoms with Gasteiger partial charge < -0.3 is 25.0 Å². The Hall–Kier alpha value is -2.45. The van der Waals surface area contributed by atoms with Crippen LogP contribution in [0.1, 0.15) is 41.1 Å². The fraction of sp³-hybridized carbons (Fsp3) is 0.409. The van der Waals surface area contributed by atoms with Crippen molar-refractivity contribution in [3.8, 4) is 0 Å². The number of aromatic nitrogens is 2. The summed E-state index contributed by atoms with van der Waals surface area (Å²) in [4.78, 5) is 4.68. The van der Waals surface area contributed by atoms with Crippen LogP contribution in [0.15, 0.2) is 42.6 Å². The van der Waals surface area contributed by atoms with Crippen LogP contribution in [0, 0.1) is 6.92 Å². The molecule has 3 atom stereocenters. The van der Waals surface area contributed by atoms with Crippen LogP contribution in [0.3, 0.4) is 0 Å². The van der Waals surface area contributed by atoms with E-state index in [2.05, 4.69) is 10.3 Å². The lowest BCUT2D eigenvalue weighted by molar-refractivity contribution is -0.0547. The van der Waals surface area contributed by atoms with Crippen LogP contribution >= 0.6 is 0 Å². The predicted octanol–water partition coefficient (Wildman–Crippen LogP) is 2.76. The van der Waals surface area contributed by atoms with Gasteiger partial charge in [-0.3, -0.25) is 4.40 Å². The van der Waals surface area contributed by atoms with Crippen LogP contribution in [0.4, 0.5) is 5.69 Å². The highest BCUT2D eigenvalue weighted by Crippen LogP contribution is 2.43. The van der Waals surface area contributed by atoms with Crippen molar-refractivity contribution in [3.05, 3.63) is 65.1 Å². The first-order valence-corrected chi connectivity index (χ1v) is 9.87. The summed E-state index contributed by atoms with van der Waals surface area (Å²) in [5.74, 6) is 0. The summed E-state index contributed by atoms with van der Waals surface area (Å²) in [6.07, 6.45) is 1.37. The minimum atomic E-state index is -0.761. The lowest BCUT2D eigenvalue weighted by Crippen LogP contribution is -2.37. The average molecular weight is 397 g/mol. The van der Waals surface area contributed by atoms with E-state index in [0.717, 1.165) is 40.3 Å². The average Bonchev–Trinajstić information content (AvgIpc) is 3.08. The van der Waals surface area contributed by atoms with E-state index in [9.17, 15) is 10.2 Å². The largest absolute Gasteiger partial charge is 0.390 e. The number of hydrogen-bond acceptors (Lipinski definition) is 6. The van der Waals surface area contributed by atoms with E-state index in [1.54, 1.807) is 7.11 Å². The Balaban J connectivity index is 1.78. The van der Waals surface area contributed by atoms with Crippen molar-refractivity contribution < 1.29 is 19.7 Å². The number of hydrogen-bond donors (Lipinski definition) is 3. The summed E-state index contributed by atoms with van der Waals surface area (Å²) in [5.41, 5.74) is 4.92. The number of fused-ring (bicyclic) bond motifs is 3. The van der Waals surface area contributed by atoms with Crippen molar-refractivity contribution in [1.29, 1.82) is 0 Å². The monoisotopic (exact) mass is 397 g/mol. The van der Waals surface area contributed by atoms with Crippen LogP contribution in [0.5, 0.6) is 0 Å². The van der Waals surface area contributed by atoms with E-state index in [1.807, 2.05) is 53.9 Å². The fourth-order valence-corrected chi connectivity index (χ4v) is 4.00. The number of pyridine rings is 1. The zero-order chi connectivity index (χ0) is 20.4. The van der Waals surface area contributed by atoms with Gasteiger partial charge >= 0.3 is 0 Å². The molecule has 0 fully saturated rings. The maximum absolute atomic E-state index is 11.2. The van der Waals surface area contributed by atoms with Gasteiger partial charge in [0.05, 0.1) is 29.7 Å². The molecule has 0 unspecified atom stereocenters. The van der Waals surface area contributed by atoms with Crippen molar-refractivity contribution in [2.45, 2.75) is 38.2 Å². The number of anilines is 1. The third-order valence-electron chi connectivity index (χ3n) is 5.48. The number of ether oxygens (including phenoxy) is 2. The molecule has 1 aromatic carbocycles. The molecule has 3 N–H and O–H groups in total. The molecule has 0 radical (unpaired) electrons. The molecular weight excluding hydrogens is 370 g/mol. The van der Waals surface area contributed by atoms with Crippen LogP contribution in [0.25, 0.3) is 5.65 Å². The zero-order valence-corrected chi connectivity index (χ0v) is 16.7. The molecule has 3 heterocycles. The quantitative estimate of drug-likeness (QED) is 0.532. The van der Waals surface area contributed by atoms with Crippen molar-refractivity contribution in [1.82, 2.24) is 9.38 Å². The van der Waals surface area contributed by atoms with E-state index in [4.69, 9.17) is 9.47 Å². The van der Waals surface area contributed by atoms with Crippen LogP contribution in [0.2, 0.25) is 0 Å². The maximum atomic E-state index is 11.2. The van der Waals surface area contributed by atoms with Crippen molar-refractivity contribution in [2.75, 3.05) is 25.6 Å². The molecule has 2 aromatic heterocycles. The normalized spacial score (nSPS) is 21.2. The number of benzene rings is 1. The minimum Gasteiger partial charge on any atom is -0.390 e. The van der Waals surface area contributed by atoms with E-state index in [-0.39, 0.29) is 12.6 Å². The van der Waals surface area contributed by atoms with Gasteiger partial charge in [0.15, 0.2) is 5.65 Å². The third-order valence-corrected chi connectivity index (χ3v) is 5.48. The Labute approximate surface area is 169 Å². The first-order chi connectivity index (χ1) is 14.2. The first-order valence-electron chi connectivity index (χ1n) is 9.87. The molecule has 0 spiro atoms.